The first kappa shape index (κ1) is 15.5. The fourth-order valence-electron chi connectivity index (χ4n) is 1.48. The Hall–Kier alpha value is -2.55. The van der Waals surface area contributed by atoms with Crippen molar-refractivity contribution in [3.8, 4) is 5.75 Å². The summed E-state index contributed by atoms with van der Waals surface area (Å²) in [6, 6.07) is 9.27. The van der Waals surface area contributed by atoms with Crippen LogP contribution in [0, 0.1) is 0 Å². The van der Waals surface area contributed by atoms with Crippen molar-refractivity contribution in [2.75, 3.05) is 0 Å². The van der Waals surface area contributed by atoms with Crippen molar-refractivity contribution >= 4 is 5.97 Å². The van der Waals surface area contributed by atoms with E-state index in [1.807, 2.05) is 30.3 Å². The molecule has 0 fully saturated rings. The molecule has 0 aromatic heterocycles. The quantitative estimate of drug-likeness (QED) is 0.480. The molecule has 3 heteroatoms. The highest BCUT2D eigenvalue weighted by molar-refractivity contribution is 5.90. The molecule has 0 saturated heterocycles. The molecule has 0 aliphatic carbocycles. The maximum Gasteiger partial charge on any atom is 0.335 e. The number of para-hydroxylation sites is 1. The summed E-state index contributed by atoms with van der Waals surface area (Å²) in [5.74, 6) is 0.240. The molecular weight excluding hydrogens is 252 g/mol. The average molecular weight is 270 g/mol. The molecule has 1 aromatic carbocycles. The van der Waals surface area contributed by atoms with E-state index in [9.17, 15) is 4.79 Å². The number of aliphatic carboxylic acids is 1. The summed E-state index contributed by atoms with van der Waals surface area (Å²) in [5.41, 5.74) is 0.975. The Morgan fingerprint density at radius 2 is 1.85 bits per heavy atom. The summed E-state index contributed by atoms with van der Waals surface area (Å²) in [6.07, 6.45) is 6.40. The molecule has 1 rings (SSSR count). The zero-order chi connectivity index (χ0) is 15.0. The van der Waals surface area contributed by atoms with Gasteiger partial charge in [0.05, 0.1) is 5.57 Å². The lowest BCUT2D eigenvalue weighted by atomic mass is 10.1. The van der Waals surface area contributed by atoms with Crippen molar-refractivity contribution in [1.29, 1.82) is 0 Å². The van der Waals surface area contributed by atoms with Crippen LogP contribution in [-0.2, 0) is 4.79 Å². The Labute approximate surface area is 119 Å². The van der Waals surface area contributed by atoms with Gasteiger partial charge in [0.1, 0.15) is 11.5 Å². The third-order valence-corrected chi connectivity index (χ3v) is 2.44. The third-order valence-electron chi connectivity index (χ3n) is 2.44. The molecule has 0 heterocycles. The van der Waals surface area contributed by atoms with Gasteiger partial charge in [0.25, 0.3) is 0 Å². The molecule has 0 bridgehead atoms. The standard InChI is InChI=1S/C17H18O3/c1-4-8-14(20-15-9-6-5-7-10-15)11-12-16(13(2)3)17(18)19/h4-12H,1H2,2-3H3,(H,18,19)/b12-11-,14-8-. The largest absolute Gasteiger partial charge is 0.478 e. The van der Waals surface area contributed by atoms with Crippen molar-refractivity contribution in [3.05, 3.63) is 78.1 Å². The van der Waals surface area contributed by atoms with Gasteiger partial charge in [-0.3, -0.25) is 0 Å². The van der Waals surface area contributed by atoms with Gasteiger partial charge in [-0.2, -0.15) is 0 Å². The van der Waals surface area contributed by atoms with Crippen LogP contribution >= 0.6 is 0 Å². The van der Waals surface area contributed by atoms with E-state index < -0.39 is 5.97 Å². The Kier molecular flexibility index (Phi) is 6.04. The fraction of sp³-hybridized carbons (Fsp3) is 0.118. The molecule has 1 N–H and O–H groups in total. The first-order valence-corrected chi connectivity index (χ1v) is 6.19. The van der Waals surface area contributed by atoms with Gasteiger partial charge in [0.2, 0.25) is 0 Å². The summed E-state index contributed by atoms with van der Waals surface area (Å²) in [4.78, 5) is 11.1. The number of ether oxygens (including phenoxy) is 1. The van der Waals surface area contributed by atoms with E-state index in [4.69, 9.17) is 9.84 Å². The first-order valence-electron chi connectivity index (χ1n) is 6.19. The molecule has 0 unspecified atom stereocenters. The monoisotopic (exact) mass is 270 g/mol. The molecule has 0 radical (unpaired) electrons. The van der Waals surface area contributed by atoms with Crippen LogP contribution in [0.1, 0.15) is 13.8 Å². The van der Waals surface area contributed by atoms with E-state index >= 15 is 0 Å². The van der Waals surface area contributed by atoms with Gasteiger partial charge < -0.3 is 9.84 Å². The minimum Gasteiger partial charge on any atom is -0.478 e. The predicted octanol–water partition coefficient (Wildman–Crippen LogP) is 4.11. The molecule has 0 aliphatic rings. The SMILES string of the molecule is C=C/C=C(/C=C\C(C(=O)O)=C(C)C)Oc1ccccc1. The van der Waals surface area contributed by atoms with Gasteiger partial charge >= 0.3 is 5.97 Å². The number of rotatable bonds is 6. The second-order valence-electron chi connectivity index (χ2n) is 4.27. The van der Waals surface area contributed by atoms with Crippen molar-refractivity contribution < 1.29 is 14.6 Å². The van der Waals surface area contributed by atoms with Crippen LogP contribution in [0.25, 0.3) is 0 Å². The molecule has 0 saturated carbocycles. The molecular formula is C17H18O3. The van der Waals surface area contributed by atoms with Crippen LogP contribution in [0.15, 0.2) is 78.1 Å². The molecule has 20 heavy (non-hydrogen) atoms. The zero-order valence-corrected chi connectivity index (χ0v) is 11.7. The molecule has 0 aliphatic heterocycles. The molecule has 104 valence electrons. The Bertz CT molecular complexity index is 559. The maximum absolute atomic E-state index is 11.1. The minimum atomic E-state index is -0.959. The summed E-state index contributed by atoms with van der Waals surface area (Å²) in [7, 11) is 0. The summed E-state index contributed by atoms with van der Waals surface area (Å²) in [5, 5.41) is 9.09. The predicted molar refractivity (Wildman–Crippen MR) is 80.5 cm³/mol. The zero-order valence-electron chi connectivity index (χ0n) is 11.7. The smallest absolute Gasteiger partial charge is 0.335 e. The Morgan fingerprint density at radius 1 is 1.20 bits per heavy atom. The van der Waals surface area contributed by atoms with Crippen LogP contribution < -0.4 is 4.74 Å². The highest BCUT2D eigenvalue weighted by Crippen LogP contribution is 2.15. The number of hydrogen-bond donors (Lipinski definition) is 1. The van der Waals surface area contributed by atoms with Gasteiger partial charge in [0, 0.05) is 0 Å². The Morgan fingerprint density at radius 3 is 2.35 bits per heavy atom. The van der Waals surface area contributed by atoms with E-state index in [0.29, 0.717) is 11.5 Å². The summed E-state index contributed by atoms with van der Waals surface area (Å²) >= 11 is 0. The number of carboxylic acids is 1. The van der Waals surface area contributed by atoms with Gasteiger partial charge in [-0.05, 0) is 44.2 Å². The second-order valence-corrected chi connectivity index (χ2v) is 4.27. The summed E-state index contributed by atoms with van der Waals surface area (Å²) in [6.45, 7) is 7.13. The number of carbonyl (C=O) groups is 1. The van der Waals surface area contributed by atoms with Crippen LogP contribution in [0.3, 0.4) is 0 Å². The van der Waals surface area contributed by atoms with Gasteiger partial charge in [-0.1, -0.05) is 36.4 Å². The van der Waals surface area contributed by atoms with E-state index in [1.165, 1.54) is 6.08 Å². The van der Waals surface area contributed by atoms with Gasteiger partial charge in [-0.25, -0.2) is 4.79 Å². The van der Waals surface area contributed by atoms with E-state index in [2.05, 4.69) is 6.58 Å². The van der Waals surface area contributed by atoms with Crippen molar-refractivity contribution in [2.45, 2.75) is 13.8 Å². The number of hydrogen-bond acceptors (Lipinski definition) is 2. The fourth-order valence-corrected chi connectivity index (χ4v) is 1.48. The molecule has 0 atom stereocenters. The normalized spacial score (nSPS) is 11.2. The van der Waals surface area contributed by atoms with E-state index in [1.54, 1.807) is 32.1 Å². The lowest BCUT2D eigenvalue weighted by Gasteiger charge is -2.06. The van der Waals surface area contributed by atoms with Crippen molar-refractivity contribution in [1.82, 2.24) is 0 Å². The average Bonchev–Trinajstić information content (AvgIpc) is 2.39. The van der Waals surface area contributed by atoms with E-state index in [-0.39, 0.29) is 5.57 Å². The molecule has 0 spiro atoms. The molecule has 1 aromatic rings. The van der Waals surface area contributed by atoms with Crippen LogP contribution in [0.4, 0.5) is 0 Å². The first-order chi connectivity index (χ1) is 9.54. The highest BCUT2D eigenvalue weighted by Gasteiger charge is 2.05. The molecule has 0 amide bonds. The van der Waals surface area contributed by atoms with E-state index in [0.717, 1.165) is 5.57 Å². The summed E-state index contributed by atoms with van der Waals surface area (Å²) < 4.78 is 5.65. The maximum atomic E-state index is 11.1. The van der Waals surface area contributed by atoms with Crippen LogP contribution in [0.2, 0.25) is 0 Å². The number of benzene rings is 1. The molecule has 3 nitrogen and oxygen atoms in total. The Balaban J connectivity index is 2.94. The minimum absolute atomic E-state index is 0.247. The highest BCUT2D eigenvalue weighted by atomic mass is 16.5. The lowest BCUT2D eigenvalue weighted by molar-refractivity contribution is -0.132. The third kappa shape index (κ3) is 4.98. The van der Waals surface area contributed by atoms with Gasteiger partial charge in [0.15, 0.2) is 0 Å². The van der Waals surface area contributed by atoms with Gasteiger partial charge in [-0.15, -0.1) is 0 Å². The van der Waals surface area contributed by atoms with Crippen molar-refractivity contribution in [2.24, 2.45) is 0 Å². The number of allylic oxidation sites excluding steroid dienone is 4. The van der Waals surface area contributed by atoms with Crippen molar-refractivity contribution in [3.63, 3.8) is 0 Å². The topological polar surface area (TPSA) is 46.5 Å². The second kappa shape index (κ2) is 7.79. The number of carboxylic acid groups (broad SMARTS) is 1. The van der Waals surface area contributed by atoms with Crippen LogP contribution in [0.5, 0.6) is 5.75 Å². The van der Waals surface area contributed by atoms with Crippen LogP contribution in [-0.4, -0.2) is 11.1 Å². The lowest BCUT2D eigenvalue weighted by Crippen LogP contribution is -2.00.